The number of rotatable bonds is 9. The standard InChI is InChI=1S/C32H29N5O8S2.Na/c1-18-12-20(3)30(28(13-18)46(39,40)41)36-34-25-17-27(45-4)26(14-19(25)2)35-37-31-29(47(42,43)44)16-21-15-23(10-11-24(21)32(31)38)33-22-8-6-5-7-9-22;/h5-17,33,38H,1-4H3,(H,39,40,41)(H,42,43,44);/q;+1/p-1. The van der Waals surface area contributed by atoms with Crippen molar-refractivity contribution >= 4 is 65.1 Å². The molecule has 0 radical (unpaired) electrons. The van der Waals surface area contributed by atoms with E-state index in [2.05, 4.69) is 25.8 Å². The number of para-hydroxylation sites is 1. The zero-order chi connectivity index (χ0) is 34.1. The number of benzene rings is 5. The Balaban J connectivity index is 0.00000520. The Morgan fingerprint density at radius 3 is 2.04 bits per heavy atom. The molecule has 0 amide bonds. The largest absolute Gasteiger partial charge is 1.00 e. The van der Waals surface area contributed by atoms with Gasteiger partial charge in [0.25, 0.3) is 10.1 Å². The molecule has 0 aliphatic rings. The summed E-state index contributed by atoms with van der Waals surface area (Å²) in [7, 11) is -8.36. The third-order valence-corrected chi connectivity index (χ3v) is 8.80. The van der Waals surface area contributed by atoms with Gasteiger partial charge >= 0.3 is 29.6 Å². The Hall–Kier alpha value is -4.22. The second kappa shape index (κ2) is 14.5. The third kappa shape index (κ3) is 8.07. The van der Waals surface area contributed by atoms with Crippen LogP contribution in [0.3, 0.4) is 0 Å². The number of phenols is 1. The van der Waals surface area contributed by atoms with Gasteiger partial charge in [-0.25, -0.2) is 8.42 Å². The van der Waals surface area contributed by atoms with Crippen molar-refractivity contribution in [2.45, 2.75) is 30.6 Å². The predicted octanol–water partition coefficient (Wildman–Crippen LogP) is 5.21. The van der Waals surface area contributed by atoms with Crippen molar-refractivity contribution in [2.24, 2.45) is 20.5 Å². The van der Waals surface area contributed by atoms with Crippen molar-refractivity contribution in [1.82, 2.24) is 0 Å². The average Bonchev–Trinajstić information content (AvgIpc) is 3.00. The van der Waals surface area contributed by atoms with E-state index < -0.39 is 41.5 Å². The maximum atomic E-state index is 12.4. The molecule has 242 valence electrons. The summed E-state index contributed by atoms with van der Waals surface area (Å²) in [6.07, 6.45) is 0. The topological polar surface area (TPSA) is 202 Å². The summed E-state index contributed by atoms with van der Waals surface area (Å²) in [5, 5.41) is 31.2. The molecule has 0 atom stereocenters. The Morgan fingerprint density at radius 1 is 0.729 bits per heavy atom. The number of fused-ring (bicyclic) bond motifs is 1. The molecule has 0 heterocycles. The van der Waals surface area contributed by atoms with Crippen molar-refractivity contribution < 1.29 is 65.3 Å². The smallest absolute Gasteiger partial charge is 0.744 e. The number of hydrogen-bond acceptors (Lipinski definition) is 12. The number of aromatic hydroxyl groups is 1. The summed E-state index contributed by atoms with van der Waals surface area (Å²) in [6.45, 7) is 4.91. The fourth-order valence-corrected chi connectivity index (χ4v) is 6.30. The first-order valence-corrected chi connectivity index (χ1v) is 16.7. The molecule has 16 heteroatoms. The zero-order valence-corrected chi connectivity index (χ0v) is 30.1. The van der Waals surface area contributed by atoms with Gasteiger partial charge in [-0.3, -0.25) is 4.55 Å². The summed E-state index contributed by atoms with van der Waals surface area (Å²) in [4.78, 5) is -1.16. The second-order valence-electron chi connectivity index (χ2n) is 10.6. The van der Waals surface area contributed by atoms with Crippen LogP contribution in [-0.2, 0) is 20.2 Å². The molecular weight excluding hydrogens is 670 g/mol. The first-order chi connectivity index (χ1) is 22.2. The van der Waals surface area contributed by atoms with Gasteiger partial charge in [0.15, 0.2) is 5.75 Å². The van der Waals surface area contributed by atoms with Crippen molar-refractivity contribution in [2.75, 3.05) is 12.4 Å². The predicted molar refractivity (Wildman–Crippen MR) is 175 cm³/mol. The number of ether oxygens (including phenoxy) is 1. The van der Waals surface area contributed by atoms with Crippen LogP contribution in [0.4, 0.5) is 34.1 Å². The van der Waals surface area contributed by atoms with E-state index >= 15 is 0 Å². The minimum Gasteiger partial charge on any atom is -0.744 e. The maximum absolute atomic E-state index is 12.4. The van der Waals surface area contributed by atoms with E-state index in [1.54, 1.807) is 45.0 Å². The molecule has 5 rings (SSSR count). The molecule has 0 spiro atoms. The van der Waals surface area contributed by atoms with E-state index in [-0.39, 0.29) is 57.8 Å². The molecular formula is C32H28N5NaO8S2. The molecule has 0 saturated carbocycles. The van der Waals surface area contributed by atoms with E-state index in [9.17, 15) is 31.0 Å². The molecule has 13 nitrogen and oxygen atoms in total. The number of nitrogens with zero attached hydrogens (tertiary/aromatic N) is 4. The van der Waals surface area contributed by atoms with Crippen LogP contribution >= 0.6 is 0 Å². The van der Waals surface area contributed by atoms with Crippen molar-refractivity contribution in [1.29, 1.82) is 0 Å². The normalized spacial score (nSPS) is 12.0. The molecule has 0 aromatic heterocycles. The van der Waals surface area contributed by atoms with Crippen LogP contribution in [0.2, 0.25) is 0 Å². The fourth-order valence-electron chi connectivity index (χ4n) is 4.87. The number of phenolic OH excluding ortho intramolecular Hbond substituents is 1. The third-order valence-electron chi connectivity index (χ3n) is 7.08. The molecule has 0 fully saturated rings. The van der Waals surface area contributed by atoms with Gasteiger partial charge in [0.2, 0.25) is 0 Å². The van der Waals surface area contributed by atoms with E-state index in [0.29, 0.717) is 27.8 Å². The minimum atomic E-state index is -4.87. The number of anilines is 2. The maximum Gasteiger partial charge on any atom is 1.00 e. The number of azo groups is 2. The van der Waals surface area contributed by atoms with Crippen molar-refractivity contribution in [3.63, 3.8) is 0 Å². The summed E-state index contributed by atoms with van der Waals surface area (Å²) >= 11 is 0. The Kier molecular flexibility index (Phi) is 11.1. The molecule has 0 aliphatic heterocycles. The van der Waals surface area contributed by atoms with Crippen LogP contribution in [0.5, 0.6) is 11.5 Å². The first kappa shape index (κ1) is 36.6. The molecule has 0 saturated heterocycles. The average molecular weight is 698 g/mol. The molecule has 0 aliphatic carbocycles. The van der Waals surface area contributed by atoms with Crippen LogP contribution in [0.15, 0.2) is 109 Å². The van der Waals surface area contributed by atoms with Gasteiger partial charge in [0, 0.05) is 22.8 Å². The molecule has 5 aromatic carbocycles. The minimum absolute atomic E-state index is 0. The van der Waals surface area contributed by atoms with Gasteiger partial charge in [0.1, 0.15) is 37.8 Å². The summed E-state index contributed by atoms with van der Waals surface area (Å²) < 4.78 is 75.8. The van der Waals surface area contributed by atoms with Crippen LogP contribution in [0.1, 0.15) is 16.7 Å². The van der Waals surface area contributed by atoms with Gasteiger partial charge < -0.3 is 19.7 Å². The summed E-state index contributed by atoms with van der Waals surface area (Å²) in [5.74, 6) is -0.403. The number of aryl methyl sites for hydroxylation is 3. The van der Waals surface area contributed by atoms with Crippen molar-refractivity contribution in [3.05, 3.63) is 95.6 Å². The first-order valence-electron chi connectivity index (χ1n) is 13.8. The van der Waals surface area contributed by atoms with Crippen molar-refractivity contribution in [3.8, 4) is 11.5 Å². The Labute approximate surface area is 299 Å². The summed E-state index contributed by atoms with van der Waals surface area (Å²) in [6, 6.07) is 21.2. The zero-order valence-electron chi connectivity index (χ0n) is 26.5. The molecule has 48 heavy (non-hydrogen) atoms. The van der Waals surface area contributed by atoms with E-state index in [1.807, 2.05) is 30.3 Å². The second-order valence-corrected chi connectivity index (χ2v) is 13.3. The quantitative estimate of drug-likeness (QED) is 0.105. The molecule has 0 unspecified atom stereocenters. The Bertz CT molecular complexity index is 2320. The van der Waals surface area contributed by atoms with Gasteiger partial charge in [-0.15, -0.1) is 15.3 Å². The van der Waals surface area contributed by atoms with Gasteiger partial charge in [-0.1, -0.05) is 24.3 Å². The van der Waals surface area contributed by atoms with Gasteiger partial charge in [-0.2, -0.15) is 13.5 Å². The number of hydrogen-bond donors (Lipinski definition) is 3. The van der Waals surface area contributed by atoms with Crippen LogP contribution in [0.25, 0.3) is 10.8 Å². The monoisotopic (exact) mass is 697 g/mol. The molecule has 3 N–H and O–H groups in total. The Morgan fingerprint density at radius 2 is 1.40 bits per heavy atom. The van der Waals surface area contributed by atoms with E-state index in [0.717, 1.165) is 5.69 Å². The fraction of sp³-hybridized carbons (Fsp3) is 0.125. The molecule has 5 aromatic rings. The van der Waals surface area contributed by atoms with Crippen LogP contribution in [0, 0.1) is 20.8 Å². The van der Waals surface area contributed by atoms with E-state index in [4.69, 9.17) is 4.74 Å². The van der Waals surface area contributed by atoms with Crippen LogP contribution in [-0.4, -0.2) is 38.2 Å². The van der Waals surface area contributed by atoms with Gasteiger partial charge in [0.05, 0.1) is 17.7 Å². The molecule has 0 bridgehead atoms. The van der Waals surface area contributed by atoms with Gasteiger partial charge in [-0.05, 0) is 91.4 Å². The summed E-state index contributed by atoms with van der Waals surface area (Å²) in [5.41, 5.74) is 2.67. The van der Waals surface area contributed by atoms with E-state index in [1.165, 1.54) is 31.4 Å². The number of nitrogens with one attached hydrogen (secondary N) is 1. The SMILES string of the molecule is COc1cc(N=Nc2c(C)cc(C)cc2S(=O)(=O)[O-])c(C)cc1N=Nc1c(S(=O)(=O)O)cc2cc(Nc3ccccc3)ccc2c1O.[Na+]. The van der Waals surface area contributed by atoms with Crippen LogP contribution < -0.4 is 39.6 Å². The number of methoxy groups -OCH3 is 1.